The van der Waals surface area contributed by atoms with Gasteiger partial charge in [0.2, 0.25) is 0 Å². The van der Waals surface area contributed by atoms with Gasteiger partial charge in [-0.3, -0.25) is 4.98 Å². The smallest absolute Gasteiger partial charge is 0.170 e. The Kier molecular flexibility index (Phi) is 6.46. The van der Waals surface area contributed by atoms with E-state index in [1.807, 2.05) is 18.3 Å². The number of pyridine rings is 1. The second-order valence-corrected chi connectivity index (χ2v) is 7.17. The molecule has 0 unspecified atom stereocenters. The zero-order chi connectivity index (χ0) is 19.4. The lowest BCUT2D eigenvalue weighted by atomic mass is 9.97. The fourth-order valence-electron chi connectivity index (χ4n) is 3.83. The maximum atomic E-state index is 5.67. The molecular weight excluding hydrogens is 360 g/mol. The van der Waals surface area contributed by atoms with E-state index in [0.717, 1.165) is 23.9 Å². The monoisotopic (exact) mass is 388 g/mol. The molecule has 146 valence electrons. The molecule has 0 aliphatic carbocycles. The Morgan fingerprint density at radius 2 is 1.89 bits per heavy atom. The van der Waals surface area contributed by atoms with Gasteiger partial charge in [0.05, 0.1) is 31.0 Å². The van der Waals surface area contributed by atoms with Crippen molar-refractivity contribution in [3.8, 4) is 0 Å². The number of aryl methyl sites for hydroxylation is 1. The van der Waals surface area contributed by atoms with E-state index < -0.39 is 0 Å². The second kappa shape index (κ2) is 8.82. The zero-order valence-corrected chi connectivity index (χ0v) is 17.3. The van der Waals surface area contributed by atoms with Crippen molar-refractivity contribution in [2.75, 3.05) is 34.0 Å². The van der Waals surface area contributed by atoms with Gasteiger partial charge in [0.15, 0.2) is 5.11 Å². The van der Waals surface area contributed by atoms with Gasteiger partial charge in [0, 0.05) is 44.9 Å². The molecular formula is C20H28N4O2S. The molecule has 3 heterocycles. The van der Waals surface area contributed by atoms with Crippen LogP contribution in [0.5, 0.6) is 0 Å². The number of aromatic nitrogens is 2. The third kappa shape index (κ3) is 4.00. The SMILES string of the molecule is COCCN1C(=S)N[C@@H](c2ccccn2)[C@@H]1c1cc(C)n(CCOC)c1C. The van der Waals surface area contributed by atoms with Crippen LogP contribution >= 0.6 is 12.2 Å². The molecule has 7 heteroatoms. The van der Waals surface area contributed by atoms with Crippen LogP contribution in [0.25, 0.3) is 0 Å². The van der Waals surface area contributed by atoms with Gasteiger partial charge in [0.1, 0.15) is 0 Å². The van der Waals surface area contributed by atoms with Crippen LogP contribution < -0.4 is 5.32 Å². The molecule has 0 radical (unpaired) electrons. The minimum atomic E-state index is 0.00642. The molecule has 1 aliphatic rings. The summed E-state index contributed by atoms with van der Waals surface area (Å²) in [4.78, 5) is 6.81. The Morgan fingerprint density at radius 1 is 1.15 bits per heavy atom. The molecule has 2 atom stereocenters. The maximum absolute atomic E-state index is 5.67. The van der Waals surface area contributed by atoms with Crippen LogP contribution in [0.15, 0.2) is 30.5 Å². The van der Waals surface area contributed by atoms with Crippen molar-refractivity contribution in [2.24, 2.45) is 0 Å². The third-order valence-corrected chi connectivity index (χ3v) is 5.54. The standard InChI is InChI=1S/C20H28N4O2S/c1-14-13-16(15(2)23(14)9-11-25-3)19-18(17-7-5-6-8-21-17)22-20(27)24(19)10-12-26-4/h5-8,13,18-19H,9-12H2,1-4H3,(H,22,27)/t18-,19-/m0/s1. The summed E-state index contributed by atoms with van der Waals surface area (Å²) >= 11 is 5.67. The minimum absolute atomic E-state index is 0.00642. The molecule has 1 aliphatic heterocycles. The maximum Gasteiger partial charge on any atom is 0.170 e. The minimum Gasteiger partial charge on any atom is -0.383 e. The first-order valence-corrected chi connectivity index (χ1v) is 9.61. The summed E-state index contributed by atoms with van der Waals surface area (Å²) in [6.07, 6.45) is 1.83. The summed E-state index contributed by atoms with van der Waals surface area (Å²) in [5, 5.41) is 4.23. The van der Waals surface area contributed by atoms with Crippen LogP contribution in [0.2, 0.25) is 0 Å². The Hall–Kier alpha value is -1.96. The lowest BCUT2D eigenvalue weighted by molar-refractivity contribution is 0.163. The highest BCUT2D eigenvalue weighted by atomic mass is 32.1. The average Bonchev–Trinajstić information content (AvgIpc) is 3.15. The van der Waals surface area contributed by atoms with E-state index in [9.17, 15) is 0 Å². The molecule has 0 bridgehead atoms. The molecule has 0 aromatic carbocycles. The van der Waals surface area contributed by atoms with Crippen LogP contribution in [0.1, 0.15) is 34.7 Å². The molecule has 27 heavy (non-hydrogen) atoms. The molecule has 1 N–H and O–H groups in total. The summed E-state index contributed by atoms with van der Waals surface area (Å²) in [6.45, 7) is 7.19. The van der Waals surface area contributed by atoms with Crippen molar-refractivity contribution in [1.82, 2.24) is 19.8 Å². The summed E-state index contributed by atoms with van der Waals surface area (Å²) in [6, 6.07) is 8.35. The second-order valence-electron chi connectivity index (χ2n) is 6.78. The normalized spacial score (nSPS) is 19.6. The molecule has 0 saturated carbocycles. The van der Waals surface area contributed by atoms with Gasteiger partial charge in [-0.1, -0.05) is 6.07 Å². The highest BCUT2D eigenvalue weighted by Crippen LogP contribution is 2.40. The lowest BCUT2D eigenvalue weighted by Gasteiger charge is -2.28. The first kappa shape index (κ1) is 19.8. The molecule has 6 nitrogen and oxygen atoms in total. The highest BCUT2D eigenvalue weighted by molar-refractivity contribution is 7.80. The van der Waals surface area contributed by atoms with Gasteiger partial charge >= 0.3 is 0 Å². The van der Waals surface area contributed by atoms with Crippen molar-refractivity contribution < 1.29 is 9.47 Å². The molecule has 2 aromatic rings. The Balaban J connectivity index is 2.02. The number of hydrogen-bond donors (Lipinski definition) is 1. The van der Waals surface area contributed by atoms with Crippen LogP contribution in [-0.2, 0) is 16.0 Å². The van der Waals surface area contributed by atoms with Crippen molar-refractivity contribution in [1.29, 1.82) is 0 Å². The van der Waals surface area contributed by atoms with E-state index in [2.05, 4.69) is 45.7 Å². The van der Waals surface area contributed by atoms with E-state index in [4.69, 9.17) is 21.7 Å². The van der Waals surface area contributed by atoms with Crippen LogP contribution in [0, 0.1) is 13.8 Å². The van der Waals surface area contributed by atoms with Crippen LogP contribution in [0.3, 0.4) is 0 Å². The third-order valence-electron chi connectivity index (χ3n) is 5.18. The Bertz CT molecular complexity index is 778. The van der Waals surface area contributed by atoms with Gasteiger partial charge in [-0.2, -0.15) is 0 Å². The van der Waals surface area contributed by atoms with Gasteiger partial charge in [0.25, 0.3) is 0 Å². The fraction of sp³-hybridized carbons (Fsp3) is 0.500. The van der Waals surface area contributed by atoms with E-state index in [1.54, 1.807) is 14.2 Å². The number of rotatable bonds is 8. The topological polar surface area (TPSA) is 51.5 Å². The van der Waals surface area contributed by atoms with Gasteiger partial charge in [-0.15, -0.1) is 0 Å². The molecule has 0 amide bonds. The average molecular weight is 389 g/mol. The number of thiocarbonyl (C=S) groups is 1. The summed E-state index contributed by atoms with van der Waals surface area (Å²) in [5.74, 6) is 0. The predicted molar refractivity (Wildman–Crippen MR) is 110 cm³/mol. The molecule has 0 spiro atoms. The fourth-order valence-corrected chi connectivity index (χ4v) is 4.16. The van der Waals surface area contributed by atoms with E-state index in [-0.39, 0.29) is 12.1 Å². The van der Waals surface area contributed by atoms with Gasteiger partial charge in [-0.25, -0.2) is 0 Å². The summed E-state index contributed by atoms with van der Waals surface area (Å²) < 4.78 is 12.9. The van der Waals surface area contributed by atoms with Crippen LogP contribution in [-0.4, -0.2) is 53.5 Å². The number of methoxy groups -OCH3 is 2. The summed E-state index contributed by atoms with van der Waals surface area (Å²) in [7, 11) is 3.45. The molecule has 3 rings (SSSR count). The zero-order valence-electron chi connectivity index (χ0n) is 16.4. The highest BCUT2D eigenvalue weighted by Gasteiger charge is 2.41. The number of ether oxygens (including phenoxy) is 2. The number of nitrogens with zero attached hydrogens (tertiary/aromatic N) is 3. The first-order chi connectivity index (χ1) is 13.1. The largest absolute Gasteiger partial charge is 0.383 e. The van der Waals surface area contributed by atoms with Crippen molar-refractivity contribution in [2.45, 2.75) is 32.5 Å². The van der Waals surface area contributed by atoms with Gasteiger partial charge < -0.3 is 24.3 Å². The van der Waals surface area contributed by atoms with Gasteiger partial charge in [-0.05, 0) is 49.8 Å². The lowest BCUT2D eigenvalue weighted by Crippen LogP contribution is -2.32. The van der Waals surface area contributed by atoms with Crippen molar-refractivity contribution >= 4 is 17.3 Å². The quantitative estimate of drug-likeness (QED) is 0.702. The predicted octanol–water partition coefficient (Wildman–Crippen LogP) is 2.77. The van der Waals surface area contributed by atoms with E-state index >= 15 is 0 Å². The molecule has 1 fully saturated rings. The Labute approximate surface area is 166 Å². The summed E-state index contributed by atoms with van der Waals surface area (Å²) in [5.41, 5.74) is 4.72. The molecule has 2 aromatic heterocycles. The van der Waals surface area contributed by atoms with E-state index in [0.29, 0.717) is 13.2 Å². The Morgan fingerprint density at radius 3 is 2.56 bits per heavy atom. The van der Waals surface area contributed by atoms with E-state index in [1.165, 1.54) is 17.0 Å². The molecule has 1 saturated heterocycles. The van der Waals surface area contributed by atoms with Crippen LogP contribution in [0.4, 0.5) is 0 Å². The number of nitrogens with one attached hydrogen (secondary N) is 1. The van der Waals surface area contributed by atoms with Crippen molar-refractivity contribution in [3.63, 3.8) is 0 Å². The van der Waals surface area contributed by atoms with Crippen molar-refractivity contribution in [3.05, 3.63) is 53.1 Å². The first-order valence-electron chi connectivity index (χ1n) is 9.21. The number of hydrogen-bond acceptors (Lipinski definition) is 4.